The van der Waals surface area contributed by atoms with Crippen LogP contribution < -0.4 is 4.74 Å². The number of carbonyl (C=O) groups excluding carboxylic acids is 1. The van der Waals surface area contributed by atoms with Crippen LogP contribution in [0, 0.1) is 0 Å². The van der Waals surface area contributed by atoms with E-state index >= 15 is 0 Å². The molecule has 0 N–H and O–H groups in total. The first kappa shape index (κ1) is 12.3. The van der Waals surface area contributed by atoms with Crippen molar-refractivity contribution in [3.8, 4) is 5.75 Å². The lowest BCUT2D eigenvalue weighted by atomic mass is 10.2. The van der Waals surface area contributed by atoms with E-state index in [2.05, 4.69) is 9.97 Å². The van der Waals surface area contributed by atoms with Crippen molar-refractivity contribution in [3.63, 3.8) is 0 Å². The minimum Gasteiger partial charge on any atom is -0.497 e. The van der Waals surface area contributed by atoms with Crippen molar-refractivity contribution in [1.29, 1.82) is 0 Å². The molecule has 0 amide bonds. The quantitative estimate of drug-likeness (QED) is 0.681. The number of nitrogens with zero attached hydrogens (tertiary/aromatic N) is 3. The number of ether oxygens (including phenoxy) is 1. The molecule has 0 aliphatic rings. The van der Waals surface area contributed by atoms with Gasteiger partial charge < -0.3 is 9.30 Å². The molecule has 0 unspecified atom stereocenters. The van der Waals surface area contributed by atoms with E-state index in [-0.39, 0.29) is 0 Å². The monoisotopic (exact) mass is 267 g/mol. The topological polar surface area (TPSA) is 57.0 Å². The molecule has 0 aliphatic heterocycles. The van der Waals surface area contributed by atoms with Gasteiger partial charge in [-0.2, -0.15) is 0 Å². The summed E-state index contributed by atoms with van der Waals surface area (Å²) < 4.78 is 7.13. The second kappa shape index (κ2) is 5.13. The third-order valence-electron chi connectivity index (χ3n) is 3.13. The normalized spacial score (nSPS) is 10.7. The fourth-order valence-electron chi connectivity index (χ4n) is 2.21. The number of methoxy groups -OCH3 is 1. The van der Waals surface area contributed by atoms with E-state index < -0.39 is 0 Å². The molecule has 0 bridgehead atoms. The summed E-state index contributed by atoms with van der Waals surface area (Å²) >= 11 is 0. The fraction of sp³-hybridized carbons (Fsp3) is 0.133. The van der Waals surface area contributed by atoms with E-state index in [9.17, 15) is 4.79 Å². The molecular formula is C15H13N3O2. The first-order valence-electron chi connectivity index (χ1n) is 6.20. The fourth-order valence-corrected chi connectivity index (χ4v) is 2.21. The van der Waals surface area contributed by atoms with Crippen LogP contribution in [-0.2, 0) is 6.54 Å². The third kappa shape index (κ3) is 2.14. The summed E-state index contributed by atoms with van der Waals surface area (Å²) in [7, 11) is 1.64. The first-order valence-corrected chi connectivity index (χ1v) is 6.20. The van der Waals surface area contributed by atoms with Crippen molar-refractivity contribution in [2.24, 2.45) is 0 Å². The van der Waals surface area contributed by atoms with Gasteiger partial charge in [0, 0.05) is 25.1 Å². The highest BCUT2D eigenvalue weighted by Gasteiger charge is 2.10. The second-order valence-corrected chi connectivity index (χ2v) is 4.41. The SMILES string of the molecule is COc1cccc(Cn2cc(C=O)c3nccnc32)c1. The molecule has 1 aromatic carbocycles. The summed E-state index contributed by atoms with van der Waals surface area (Å²) in [5, 5.41) is 0. The summed E-state index contributed by atoms with van der Waals surface area (Å²) in [6.07, 6.45) is 5.79. The predicted molar refractivity (Wildman–Crippen MR) is 75.0 cm³/mol. The van der Waals surface area contributed by atoms with Crippen LogP contribution in [0.25, 0.3) is 11.2 Å². The van der Waals surface area contributed by atoms with Gasteiger partial charge in [0.2, 0.25) is 0 Å². The highest BCUT2D eigenvalue weighted by atomic mass is 16.5. The number of hydrogen-bond donors (Lipinski definition) is 0. The predicted octanol–water partition coefficient (Wildman–Crippen LogP) is 2.30. The molecule has 5 nitrogen and oxygen atoms in total. The number of carbonyl (C=O) groups is 1. The smallest absolute Gasteiger partial charge is 0.159 e. The second-order valence-electron chi connectivity index (χ2n) is 4.41. The molecule has 100 valence electrons. The largest absolute Gasteiger partial charge is 0.497 e. The molecule has 2 heterocycles. The summed E-state index contributed by atoms with van der Waals surface area (Å²) in [6.45, 7) is 0.611. The van der Waals surface area contributed by atoms with Gasteiger partial charge in [0.05, 0.1) is 12.7 Å². The van der Waals surface area contributed by atoms with Crippen molar-refractivity contribution in [3.05, 3.63) is 54.0 Å². The Morgan fingerprint density at radius 3 is 2.95 bits per heavy atom. The zero-order valence-electron chi connectivity index (χ0n) is 11.0. The van der Waals surface area contributed by atoms with Crippen LogP contribution in [-0.4, -0.2) is 27.9 Å². The number of aromatic nitrogens is 3. The van der Waals surface area contributed by atoms with Crippen LogP contribution in [0.3, 0.4) is 0 Å². The van der Waals surface area contributed by atoms with Crippen molar-refractivity contribution >= 4 is 17.5 Å². The minimum atomic E-state index is 0.552. The maximum absolute atomic E-state index is 11.1. The highest BCUT2D eigenvalue weighted by molar-refractivity contribution is 5.93. The average molecular weight is 267 g/mol. The van der Waals surface area contributed by atoms with Gasteiger partial charge in [-0.25, -0.2) is 4.98 Å². The molecule has 3 aromatic rings. The van der Waals surface area contributed by atoms with E-state index in [0.29, 0.717) is 23.3 Å². The third-order valence-corrected chi connectivity index (χ3v) is 3.13. The van der Waals surface area contributed by atoms with Gasteiger partial charge in [0.15, 0.2) is 11.9 Å². The van der Waals surface area contributed by atoms with Gasteiger partial charge in [-0.05, 0) is 17.7 Å². The summed E-state index contributed by atoms with van der Waals surface area (Å²) in [5.74, 6) is 0.806. The molecule has 0 saturated carbocycles. The lowest BCUT2D eigenvalue weighted by Gasteiger charge is -2.06. The molecule has 0 spiro atoms. The Hall–Kier alpha value is -2.69. The standard InChI is InChI=1S/C15H13N3O2/c1-20-13-4-2-3-11(7-13)8-18-9-12(10-19)14-15(18)17-6-5-16-14/h2-7,9-10H,8H2,1H3. The average Bonchev–Trinajstić information content (AvgIpc) is 2.86. The van der Waals surface area contributed by atoms with Crippen LogP contribution in [0.2, 0.25) is 0 Å². The van der Waals surface area contributed by atoms with Crippen LogP contribution >= 0.6 is 0 Å². The van der Waals surface area contributed by atoms with E-state index in [1.165, 1.54) is 0 Å². The van der Waals surface area contributed by atoms with Gasteiger partial charge in [0.1, 0.15) is 11.3 Å². The molecule has 0 fully saturated rings. The van der Waals surface area contributed by atoms with Crippen LogP contribution in [0.15, 0.2) is 42.9 Å². The van der Waals surface area contributed by atoms with Gasteiger partial charge in [-0.15, -0.1) is 0 Å². The van der Waals surface area contributed by atoms with Crippen LogP contribution in [0.1, 0.15) is 15.9 Å². The van der Waals surface area contributed by atoms with E-state index in [1.807, 2.05) is 28.8 Å². The summed E-state index contributed by atoms with van der Waals surface area (Å²) in [4.78, 5) is 19.6. The molecule has 0 saturated heterocycles. The van der Waals surface area contributed by atoms with E-state index in [1.54, 1.807) is 25.7 Å². The Morgan fingerprint density at radius 1 is 1.30 bits per heavy atom. The lowest BCUT2D eigenvalue weighted by molar-refractivity contribution is 0.112. The Labute approximate surface area is 115 Å². The van der Waals surface area contributed by atoms with E-state index in [0.717, 1.165) is 17.6 Å². The van der Waals surface area contributed by atoms with Crippen LogP contribution in [0.5, 0.6) is 5.75 Å². The molecule has 0 radical (unpaired) electrons. The van der Waals surface area contributed by atoms with Crippen molar-refractivity contribution < 1.29 is 9.53 Å². The number of benzene rings is 1. The molecule has 0 atom stereocenters. The Kier molecular flexibility index (Phi) is 3.16. The zero-order valence-corrected chi connectivity index (χ0v) is 11.0. The summed E-state index contributed by atoms with van der Waals surface area (Å²) in [6, 6.07) is 7.80. The maximum Gasteiger partial charge on any atom is 0.159 e. The molecule has 2 aromatic heterocycles. The van der Waals surface area contributed by atoms with Gasteiger partial charge in [-0.3, -0.25) is 9.78 Å². The molecular weight excluding hydrogens is 254 g/mol. The van der Waals surface area contributed by atoms with Crippen LogP contribution in [0.4, 0.5) is 0 Å². The Balaban J connectivity index is 2.04. The molecule has 5 heteroatoms. The summed E-state index contributed by atoms with van der Waals surface area (Å²) in [5.41, 5.74) is 2.96. The molecule has 3 rings (SSSR count). The number of rotatable bonds is 4. The maximum atomic E-state index is 11.1. The lowest BCUT2D eigenvalue weighted by Crippen LogP contribution is -1.99. The highest BCUT2D eigenvalue weighted by Crippen LogP contribution is 2.19. The van der Waals surface area contributed by atoms with Crippen molar-refractivity contribution in [2.45, 2.75) is 6.54 Å². The molecule has 20 heavy (non-hydrogen) atoms. The number of hydrogen-bond acceptors (Lipinski definition) is 4. The van der Waals surface area contributed by atoms with Gasteiger partial charge in [-0.1, -0.05) is 12.1 Å². The van der Waals surface area contributed by atoms with E-state index in [4.69, 9.17) is 4.74 Å². The zero-order chi connectivity index (χ0) is 13.9. The Morgan fingerprint density at radius 2 is 2.15 bits per heavy atom. The number of fused-ring (bicyclic) bond motifs is 1. The number of aldehydes is 1. The van der Waals surface area contributed by atoms with Crippen molar-refractivity contribution in [1.82, 2.24) is 14.5 Å². The van der Waals surface area contributed by atoms with Gasteiger partial charge in [0.25, 0.3) is 0 Å². The first-order chi connectivity index (χ1) is 9.81. The van der Waals surface area contributed by atoms with Crippen molar-refractivity contribution in [2.75, 3.05) is 7.11 Å². The minimum absolute atomic E-state index is 0.552. The molecule has 0 aliphatic carbocycles. The van der Waals surface area contributed by atoms with Gasteiger partial charge >= 0.3 is 0 Å². The Bertz CT molecular complexity index is 765.